The molecule has 0 saturated carbocycles. The van der Waals surface area contributed by atoms with Crippen molar-refractivity contribution in [3.8, 4) is 11.5 Å². The van der Waals surface area contributed by atoms with Crippen LogP contribution < -0.4 is 9.47 Å². The third-order valence-corrected chi connectivity index (χ3v) is 6.43. The van der Waals surface area contributed by atoms with E-state index in [-0.39, 0.29) is 6.04 Å². The van der Waals surface area contributed by atoms with Crippen LogP contribution in [-0.2, 0) is 4.74 Å². The summed E-state index contributed by atoms with van der Waals surface area (Å²) in [6.45, 7) is 5.80. The van der Waals surface area contributed by atoms with Crippen molar-refractivity contribution in [1.29, 1.82) is 0 Å². The molecule has 0 amide bonds. The van der Waals surface area contributed by atoms with Gasteiger partial charge in [0.1, 0.15) is 24.7 Å². The van der Waals surface area contributed by atoms with Crippen LogP contribution in [0.5, 0.6) is 11.5 Å². The van der Waals surface area contributed by atoms with Crippen molar-refractivity contribution >= 4 is 21.8 Å². The second-order valence-corrected chi connectivity index (χ2v) is 8.21. The highest BCUT2D eigenvalue weighted by molar-refractivity contribution is 6.13. The first-order chi connectivity index (χ1) is 15.4. The van der Waals surface area contributed by atoms with Gasteiger partial charge in [-0.1, -0.05) is 48.5 Å². The number of rotatable bonds is 5. The molecule has 2 aliphatic heterocycles. The molecule has 5 heteroatoms. The largest absolute Gasteiger partial charge is 0.492 e. The SMILES string of the molecule is c1ccc(C2COc3cccc4c5c(OCCN6CCOCC6)cccc5n2c34)cc1. The molecule has 1 fully saturated rings. The van der Waals surface area contributed by atoms with Gasteiger partial charge < -0.3 is 18.8 Å². The van der Waals surface area contributed by atoms with E-state index < -0.39 is 0 Å². The Hall–Kier alpha value is -3.02. The minimum atomic E-state index is 0.139. The van der Waals surface area contributed by atoms with E-state index in [1.807, 2.05) is 0 Å². The van der Waals surface area contributed by atoms with Crippen molar-refractivity contribution in [3.63, 3.8) is 0 Å². The van der Waals surface area contributed by atoms with Gasteiger partial charge in [0, 0.05) is 30.4 Å². The third kappa shape index (κ3) is 3.25. The van der Waals surface area contributed by atoms with Gasteiger partial charge in [0.15, 0.2) is 0 Å². The second-order valence-electron chi connectivity index (χ2n) is 8.21. The summed E-state index contributed by atoms with van der Waals surface area (Å²) in [6.07, 6.45) is 0. The fourth-order valence-corrected chi connectivity index (χ4v) is 4.92. The van der Waals surface area contributed by atoms with Crippen molar-refractivity contribution in [1.82, 2.24) is 9.47 Å². The summed E-state index contributed by atoms with van der Waals surface area (Å²) >= 11 is 0. The number of ether oxygens (including phenoxy) is 3. The van der Waals surface area contributed by atoms with E-state index >= 15 is 0 Å². The number of nitrogens with zero attached hydrogens (tertiary/aromatic N) is 2. The summed E-state index contributed by atoms with van der Waals surface area (Å²) in [4.78, 5) is 2.40. The molecule has 0 aliphatic carbocycles. The molecule has 6 rings (SSSR count). The van der Waals surface area contributed by atoms with Gasteiger partial charge in [0.2, 0.25) is 0 Å². The van der Waals surface area contributed by atoms with Crippen LogP contribution in [0.1, 0.15) is 11.6 Å². The van der Waals surface area contributed by atoms with Gasteiger partial charge in [0.05, 0.1) is 30.3 Å². The monoisotopic (exact) mass is 414 g/mol. The Morgan fingerprint density at radius 2 is 1.74 bits per heavy atom. The van der Waals surface area contributed by atoms with Gasteiger partial charge in [-0.2, -0.15) is 0 Å². The Morgan fingerprint density at radius 3 is 2.61 bits per heavy atom. The minimum absolute atomic E-state index is 0.139. The lowest BCUT2D eigenvalue weighted by molar-refractivity contribution is 0.0323. The van der Waals surface area contributed by atoms with Gasteiger partial charge in [0.25, 0.3) is 0 Å². The van der Waals surface area contributed by atoms with Crippen molar-refractivity contribution in [2.45, 2.75) is 6.04 Å². The average Bonchev–Trinajstić information content (AvgIpc) is 3.18. The molecule has 0 N–H and O–H groups in total. The number of fused-ring (bicyclic) bond motifs is 3. The summed E-state index contributed by atoms with van der Waals surface area (Å²) < 4.78 is 20.5. The fourth-order valence-electron chi connectivity index (χ4n) is 4.92. The Labute approximate surface area is 181 Å². The maximum absolute atomic E-state index is 6.35. The maximum Gasteiger partial charge on any atom is 0.143 e. The highest BCUT2D eigenvalue weighted by atomic mass is 16.5. The molecule has 5 nitrogen and oxygen atoms in total. The van der Waals surface area contributed by atoms with Crippen LogP contribution >= 0.6 is 0 Å². The third-order valence-electron chi connectivity index (χ3n) is 6.43. The van der Waals surface area contributed by atoms with Crippen LogP contribution in [0.3, 0.4) is 0 Å². The van der Waals surface area contributed by atoms with Crippen LogP contribution in [0, 0.1) is 0 Å². The quantitative estimate of drug-likeness (QED) is 0.482. The van der Waals surface area contributed by atoms with Crippen LogP contribution in [0.4, 0.5) is 0 Å². The number of morpholine rings is 1. The molecule has 2 aliphatic rings. The number of hydrogen-bond acceptors (Lipinski definition) is 4. The van der Waals surface area contributed by atoms with Crippen molar-refractivity contribution < 1.29 is 14.2 Å². The predicted octanol–water partition coefficient (Wildman–Crippen LogP) is 4.49. The summed E-state index contributed by atoms with van der Waals surface area (Å²) in [5, 5.41) is 2.36. The summed E-state index contributed by atoms with van der Waals surface area (Å²) in [6, 6.07) is 23.5. The molecule has 158 valence electrons. The molecule has 0 bridgehead atoms. The van der Waals surface area contributed by atoms with Crippen LogP contribution in [-0.4, -0.2) is 55.5 Å². The summed E-state index contributed by atoms with van der Waals surface area (Å²) in [7, 11) is 0. The van der Waals surface area contributed by atoms with Crippen LogP contribution in [0.25, 0.3) is 21.8 Å². The van der Waals surface area contributed by atoms with E-state index in [0.29, 0.717) is 13.2 Å². The van der Waals surface area contributed by atoms with Crippen molar-refractivity contribution in [3.05, 3.63) is 72.3 Å². The highest BCUT2D eigenvalue weighted by Crippen LogP contribution is 2.44. The van der Waals surface area contributed by atoms with E-state index in [4.69, 9.17) is 14.2 Å². The number of benzene rings is 3. The Kier molecular flexibility index (Phi) is 4.78. The van der Waals surface area contributed by atoms with Gasteiger partial charge in [-0.3, -0.25) is 4.90 Å². The Balaban J connectivity index is 1.42. The topological polar surface area (TPSA) is 35.9 Å². The van der Waals surface area contributed by atoms with Gasteiger partial charge in [-0.15, -0.1) is 0 Å². The van der Waals surface area contributed by atoms with Crippen molar-refractivity contribution in [2.75, 3.05) is 46.1 Å². The van der Waals surface area contributed by atoms with Crippen molar-refractivity contribution in [2.24, 2.45) is 0 Å². The van der Waals surface area contributed by atoms with Gasteiger partial charge >= 0.3 is 0 Å². The van der Waals surface area contributed by atoms with E-state index in [2.05, 4.69) is 76.2 Å². The average molecular weight is 415 g/mol. The van der Waals surface area contributed by atoms with Crippen LogP contribution in [0.15, 0.2) is 66.7 Å². The first-order valence-corrected chi connectivity index (χ1v) is 11.1. The first kappa shape index (κ1) is 18.7. The lowest BCUT2D eigenvalue weighted by Gasteiger charge is -2.27. The molecule has 1 unspecified atom stereocenters. The molecule has 4 aromatic rings. The summed E-state index contributed by atoms with van der Waals surface area (Å²) in [5.41, 5.74) is 3.61. The molecule has 3 heterocycles. The zero-order valence-electron chi connectivity index (χ0n) is 17.5. The molecule has 31 heavy (non-hydrogen) atoms. The minimum Gasteiger partial charge on any atom is -0.492 e. The normalized spacial score (nSPS) is 18.9. The van der Waals surface area contributed by atoms with E-state index in [1.165, 1.54) is 21.9 Å². The number of hydrogen-bond donors (Lipinski definition) is 0. The Morgan fingerprint density at radius 1 is 0.903 bits per heavy atom. The van der Waals surface area contributed by atoms with Gasteiger partial charge in [-0.25, -0.2) is 0 Å². The Bertz CT molecular complexity index is 1210. The second kappa shape index (κ2) is 7.91. The fraction of sp³-hybridized carbons (Fsp3) is 0.308. The lowest BCUT2D eigenvalue weighted by Crippen LogP contribution is -2.38. The molecular weight excluding hydrogens is 388 g/mol. The maximum atomic E-state index is 6.35. The van der Waals surface area contributed by atoms with E-state index in [9.17, 15) is 0 Å². The van der Waals surface area contributed by atoms with E-state index in [1.54, 1.807) is 0 Å². The van der Waals surface area contributed by atoms with Gasteiger partial charge in [-0.05, 0) is 23.8 Å². The molecule has 0 radical (unpaired) electrons. The zero-order valence-corrected chi connectivity index (χ0v) is 17.5. The molecular formula is C26H26N2O3. The van der Waals surface area contributed by atoms with E-state index in [0.717, 1.165) is 49.9 Å². The molecule has 1 saturated heterocycles. The first-order valence-electron chi connectivity index (χ1n) is 11.1. The molecule has 1 aromatic heterocycles. The van der Waals surface area contributed by atoms with Crippen LogP contribution in [0.2, 0.25) is 0 Å². The predicted molar refractivity (Wildman–Crippen MR) is 122 cm³/mol. The highest BCUT2D eigenvalue weighted by Gasteiger charge is 2.28. The lowest BCUT2D eigenvalue weighted by atomic mass is 10.1. The zero-order chi connectivity index (χ0) is 20.6. The number of para-hydroxylation sites is 1. The summed E-state index contributed by atoms with van der Waals surface area (Å²) in [5.74, 6) is 1.89. The number of aromatic nitrogens is 1. The molecule has 3 aromatic carbocycles. The molecule has 1 atom stereocenters. The smallest absolute Gasteiger partial charge is 0.143 e. The standard InChI is InChI=1S/C26H26N2O3/c1-2-6-19(7-3-1)22-18-31-24-11-4-8-20-25-21(28(22)26(20)24)9-5-10-23(25)30-17-14-27-12-15-29-16-13-27/h1-11,22H,12-18H2. The molecule has 0 spiro atoms.